The number of hydrogen-bond acceptors (Lipinski definition) is 3. The van der Waals surface area contributed by atoms with Gasteiger partial charge in [0, 0.05) is 6.20 Å². The highest BCUT2D eigenvalue weighted by Gasteiger charge is 2.13. The number of carbonyl (C=O) groups excluding carboxylic acids is 1. The third kappa shape index (κ3) is 2.78. The van der Waals surface area contributed by atoms with E-state index in [0.29, 0.717) is 5.69 Å². The molecule has 18 heavy (non-hydrogen) atoms. The Kier molecular flexibility index (Phi) is 3.79. The summed E-state index contributed by atoms with van der Waals surface area (Å²) >= 11 is 11.6. The van der Waals surface area contributed by atoms with Crippen LogP contribution in [0, 0.1) is 6.92 Å². The Morgan fingerprint density at radius 1 is 1.28 bits per heavy atom. The number of nitrogens with one attached hydrogen (secondary N) is 1. The number of anilines is 1. The summed E-state index contributed by atoms with van der Waals surface area (Å²) in [6.07, 6.45) is 3.21. The lowest BCUT2D eigenvalue weighted by Crippen LogP contribution is -2.15. The second-order valence-corrected chi connectivity index (χ2v) is 4.40. The average Bonchev–Trinajstić information content (AvgIpc) is 2.35. The monoisotopic (exact) mass is 281 g/mol. The van der Waals surface area contributed by atoms with Gasteiger partial charge in [0.05, 0.1) is 16.9 Å². The lowest BCUT2D eigenvalue weighted by molar-refractivity contribution is 0.102. The molecule has 0 saturated carbocycles. The Morgan fingerprint density at radius 3 is 2.78 bits per heavy atom. The fourth-order valence-corrected chi connectivity index (χ4v) is 1.69. The molecule has 0 fully saturated rings. The normalized spacial score (nSPS) is 10.2. The van der Waals surface area contributed by atoms with Gasteiger partial charge in [0.2, 0.25) is 0 Å². The van der Waals surface area contributed by atoms with Crippen LogP contribution in [0.2, 0.25) is 10.2 Å². The summed E-state index contributed by atoms with van der Waals surface area (Å²) in [6, 6.07) is 4.85. The largest absolute Gasteiger partial charge is 0.319 e. The van der Waals surface area contributed by atoms with Gasteiger partial charge in [0.25, 0.3) is 5.91 Å². The molecule has 0 radical (unpaired) electrons. The van der Waals surface area contributed by atoms with E-state index < -0.39 is 5.91 Å². The van der Waals surface area contributed by atoms with Crippen molar-refractivity contribution in [3.63, 3.8) is 0 Å². The molecule has 0 saturated heterocycles. The maximum absolute atomic E-state index is 12.0. The average molecular weight is 282 g/mol. The third-order valence-electron chi connectivity index (χ3n) is 2.31. The minimum atomic E-state index is -0.418. The van der Waals surface area contributed by atoms with E-state index in [9.17, 15) is 4.79 Å². The van der Waals surface area contributed by atoms with Gasteiger partial charge in [-0.3, -0.25) is 9.78 Å². The molecule has 6 heteroatoms. The van der Waals surface area contributed by atoms with Crippen LogP contribution in [-0.4, -0.2) is 15.9 Å². The zero-order valence-corrected chi connectivity index (χ0v) is 11.0. The summed E-state index contributed by atoms with van der Waals surface area (Å²) in [7, 11) is 0. The highest BCUT2D eigenvalue weighted by atomic mass is 35.5. The maximum atomic E-state index is 12.0. The molecule has 2 aromatic heterocycles. The first kappa shape index (κ1) is 12.8. The van der Waals surface area contributed by atoms with Gasteiger partial charge in [-0.25, -0.2) is 4.98 Å². The third-order valence-corrected chi connectivity index (χ3v) is 2.83. The minimum absolute atomic E-state index is 0.0902. The molecular formula is C12H9Cl2N3O. The van der Waals surface area contributed by atoms with Crippen molar-refractivity contribution in [1.82, 2.24) is 9.97 Å². The maximum Gasteiger partial charge on any atom is 0.275 e. The molecule has 4 nitrogen and oxygen atoms in total. The zero-order valence-electron chi connectivity index (χ0n) is 9.45. The molecule has 0 unspecified atom stereocenters. The lowest BCUT2D eigenvalue weighted by Gasteiger charge is -2.08. The highest BCUT2D eigenvalue weighted by molar-refractivity contribution is 6.35. The van der Waals surface area contributed by atoms with Gasteiger partial charge in [-0.05, 0) is 30.7 Å². The van der Waals surface area contributed by atoms with Crippen LogP contribution in [-0.2, 0) is 0 Å². The van der Waals surface area contributed by atoms with Crippen LogP contribution in [0.1, 0.15) is 16.1 Å². The van der Waals surface area contributed by atoms with Crippen LogP contribution in [0.5, 0.6) is 0 Å². The van der Waals surface area contributed by atoms with Crippen LogP contribution >= 0.6 is 23.2 Å². The van der Waals surface area contributed by atoms with Crippen LogP contribution in [0.15, 0.2) is 30.6 Å². The summed E-state index contributed by atoms with van der Waals surface area (Å²) in [4.78, 5) is 19.8. The van der Waals surface area contributed by atoms with Crippen molar-refractivity contribution in [2.24, 2.45) is 0 Å². The van der Waals surface area contributed by atoms with Gasteiger partial charge in [0.1, 0.15) is 10.8 Å². The fourth-order valence-electron chi connectivity index (χ4n) is 1.35. The first-order chi connectivity index (χ1) is 8.58. The van der Waals surface area contributed by atoms with E-state index in [0.717, 1.165) is 5.56 Å². The number of rotatable bonds is 2. The molecule has 1 amide bonds. The Morgan fingerprint density at radius 2 is 2.06 bits per heavy atom. The van der Waals surface area contributed by atoms with E-state index in [4.69, 9.17) is 23.2 Å². The molecule has 0 aliphatic carbocycles. The Balaban J connectivity index is 2.28. The molecule has 0 aromatic carbocycles. The highest BCUT2D eigenvalue weighted by Crippen LogP contribution is 2.19. The van der Waals surface area contributed by atoms with Crippen molar-refractivity contribution < 1.29 is 4.79 Å². The molecule has 0 bridgehead atoms. The first-order valence-electron chi connectivity index (χ1n) is 5.12. The van der Waals surface area contributed by atoms with Crippen LogP contribution in [0.4, 0.5) is 5.69 Å². The number of carbonyl (C=O) groups is 1. The number of pyridine rings is 2. The molecule has 2 rings (SSSR count). The Bertz CT molecular complexity index is 602. The second kappa shape index (κ2) is 5.33. The van der Waals surface area contributed by atoms with E-state index in [2.05, 4.69) is 15.3 Å². The Hall–Kier alpha value is -1.65. The van der Waals surface area contributed by atoms with Gasteiger partial charge in [-0.1, -0.05) is 23.2 Å². The second-order valence-electron chi connectivity index (χ2n) is 3.61. The van der Waals surface area contributed by atoms with Crippen LogP contribution in [0.3, 0.4) is 0 Å². The topological polar surface area (TPSA) is 54.9 Å². The van der Waals surface area contributed by atoms with Crippen molar-refractivity contribution in [1.29, 1.82) is 0 Å². The van der Waals surface area contributed by atoms with E-state index >= 15 is 0 Å². The van der Waals surface area contributed by atoms with E-state index in [1.54, 1.807) is 18.5 Å². The number of aryl methyl sites for hydroxylation is 1. The van der Waals surface area contributed by atoms with Gasteiger partial charge < -0.3 is 5.32 Å². The van der Waals surface area contributed by atoms with Crippen molar-refractivity contribution in [2.75, 3.05) is 5.32 Å². The summed E-state index contributed by atoms with van der Waals surface area (Å²) < 4.78 is 0. The molecule has 0 aliphatic heterocycles. The molecule has 0 spiro atoms. The number of aromatic nitrogens is 2. The quantitative estimate of drug-likeness (QED) is 0.859. The van der Waals surface area contributed by atoms with Gasteiger partial charge >= 0.3 is 0 Å². The molecule has 0 atom stereocenters. The van der Waals surface area contributed by atoms with Crippen molar-refractivity contribution in [3.05, 3.63) is 52.0 Å². The summed E-state index contributed by atoms with van der Waals surface area (Å²) in [6.45, 7) is 1.87. The summed E-state index contributed by atoms with van der Waals surface area (Å²) in [5, 5.41) is 3.15. The number of halogens is 2. The number of nitrogens with zero attached hydrogens (tertiary/aromatic N) is 2. The van der Waals surface area contributed by atoms with Crippen LogP contribution in [0.25, 0.3) is 0 Å². The summed E-state index contributed by atoms with van der Waals surface area (Å²) in [5.74, 6) is -0.418. The SMILES string of the molecule is Cc1ccncc1NC(=O)c1nc(Cl)ccc1Cl. The zero-order chi connectivity index (χ0) is 13.1. The lowest BCUT2D eigenvalue weighted by atomic mass is 10.2. The van der Waals surface area contributed by atoms with E-state index in [-0.39, 0.29) is 15.9 Å². The van der Waals surface area contributed by atoms with Crippen molar-refractivity contribution >= 4 is 34.8 Å². The fraction of sp³-hybridized carbons (Fsp3) is 0.0833. The van der Waals surface area contributed by atoms with E-state index in [1.807, 2.05) is 6.92 Å². The molecule has 2 heterocycles. The Labute approximate surface area is 114 Å². The predicted molar refractivity (Wildman–Crippen MR) is 71.2 cm³/mol. The van der Waals surface area contributed by atoms with Gasteiger partial charge in [-0.2, -0.15) is 0 Å². The molecule has 92 valence electrons. The van der Waals surface area contributed by atoms with E-state index in [1.165, 1.54) is 12.1 Å². The molecule has 2 aromatic rings. The van der Waals surface area contributed by atoms with Crippen molar-refractivity contribution in [2.45, 2.75) is 6.92 Å². The smallest absolute Gasteiger partial charge is 0.275 e. The van der Waals surface area contributed by atoms with Crippen LogP contribution < -0.4 is 5.32 Å². The number of hydrogen-bond donors (Lipinski definition) is 1. The van der Waals surface area contributed by atoms with Crippen molar-refractivity contribution in [3.8, 4) is 0 Å². The minimum Gasteiger partial charge on any atom is -0.319 e. The van der Waals surface area contributed by atoms with Gasteiger partial charge in [-0.15, -0.1) is 0 Å². The number of amides is 1. The standard InChI is InChI=1S/C12H9Cl2N3O/c1-7-4-5-15-6-9(7)16-12(18)11-8(13)2-3-10(14)17-11/h2-6H,1H3,(H,16,18). The predicted octanol–water partition coefficient (Wildman–Crippen LogP) is 3.34. The molecule has 0 aliphatic rings. The molecule has 1 N–H and O–H groups in total. The molecular weight excluding hydrogens is 273 g/mol. The summed E-state index contributed by atoms with van der Waals surface area (Å²) in [5.41, 5.74) is 1.60. The van der Waals surface area contributed by atoms with Gasteiger partial charge in [0.15, 0.2) is 0 Å². The first-order valence-corrected chi connectivity index (χ1v) is 5.87.